The zero-order valence-electron chi connectivity index (χ0n) is 16.0. The second-order valence-electron chi connectivity index (χ2n) is 7.27. The van der Waals surface area contributed by atoms with Gasteiger partial charge in [-0.25, -0.2) is 4.79 Å². The van der Waals surface area contributed by atoms with Gasteiger partial charge in [-0.05, 0) is 43.3 Å². The third-order valence-corrected chi connectivity index (χ3v) is 3.54. The predicted octanol–water partition coefficient (Wildman–Crippen LogP) is 2.90. The molecule has 0 fully saturated rings. The Morgan fingerprint density at radius 1 is 1.12 bits per heavy atom. The molecule has 0 saturated heterocycles. The minimum Gasteiger partial charge on any atom is -0.444 e. The minimum atomic E-state index is -0.963. The fourth-order valence-electron chi connectivity index (χ4n) is 2.00. The van der Waals surface area contributed by atoms with Crippen LogP contribution in [0.15, 0.2) is 5.11 Å². The van der Waals surface area contributed by atoms with Crippen molar-refractivity contribution in [2.45, 2.75) is 72.6 Å². The molecule has 3 atom stereocenters. The predicted molar refractivity (Wildman–Crippen MR) is 93.5 cm³/mol. The van der Waals surface area contributed by atoms with Crippen LogP contribution >= 0.6 is 0 Å². The molecular weight excluding hydrogens is 326 g/mol. The summed E-state index contributed by atoms with van der Waals surface area (Å²) in [5.74, 6) is -1.76. The van der Waals surface area contributed by atoms with E-state index in [9.17, 15) is 14.4 Å². The van der Waals surface area contributed by atoms with Crippen LogP contribution in [0.25, 0.3) is 10.4 Å². The summed E-state index contributed by atoms with van der Waals surface area (Å²) in [6, 6.07) is -1.84. The van der Waals surface area contributed by atoms with Gasteiger partial charge in [0.1, 0.15) is 11.6 Å². The number of rotatable bonds is 7. The molecule has 0 unspecified atom stereocenters. The molecule has 2 N–H and O–H groups in total. The summed E-state index contributed by atoms with van der Waals surface area (Å²) in [7, 11) is 0. The number of azide groups is 1. The fourth-order valence-corrected chi connectivity index (χ4v) is 2.00. The molecular formula is C16H29N5O4. The quantitative estimate of drug-likeness (QED) is 0.412. The maximum atomic E-state index is 12.6. The largest absolute Gasteiger partial charge is 0.444 e. The van der Waals surface area contributed by atoms with E-state index in [-0.39, 0.29) is 11.8 Å². The van der Waals surface area contributed by atoms with Gasteiger partial charge in [-0.3, -0.25) is 9.59 Å². The average Bonchev–Trinajstić information content (AvgIpc) is 2.47. The highest BCUT2D eigenvalue weighted by Crippen LogP contribution is 2.13. The van der Waals surface area contributed by atoms with Crippen molar-refractivity contribution in [3.63, 3.8) is 0 Å². The Labute approximate surface area is 148 Å². The maximum absolute atomic E-state index is 12.6. The van der Waals surface area contributed by atoms with Gasteiger partial charge in [0.25, 0.3) is 0 Å². The maximum Gasteiger partial charge on any atom is 0.408 e. The van der Waals surface area contributed by atoms with Crippen molar-refractivity contribution in [1.82, 2.24) is 10.6 Å². The summed E-state index contributed by atoms with van der Waals surface area (Å²) >= 11 is 0. The first-order valence-corrected chi connectivity index (χ1v) is 8.31. The van der Waals surface area contributed by atoms with Gasteiger partial charge >= 0.3 is 6.09 Å². The Bertz CT molecular complexity index is 535. The molecule has 9 heteroatoms. The van der Waals surface area contributed by atoms with Gasteiger partial charge in [-0.1, -0.05) is 34.1 Å². The van der Waals surface area contributed by atoms with Crippen molar-refractivity contribution in [1.29, 1.82) is 0 Å². The number of carbonyl (C=O) groups is 3. The van der Waals surface area contributed by atoms with Crippen LogP contribution in [0, 0.1) is 11.8 Å². The molecule has 0 spiro atoms. The fraction of sp³-hybridized carbons (Fsp3) is 0.812. The lowest BCUT2D eigenvalue weighted by molar-refractivity contribution is -0.130. The van der Waals surface area contributed by atoms with E-state index in [1.54, 1.807) is 41.5 Å². The van der Waals surface area contributed by atoms with Gasteiger partial charge in [-0.2, -0.15) is 0 Å². The average molecular weight is 355 g/mol. The van der Waals surface area contributed by atoms with E-state index < -0.39 is 35.6 Å². The molecule has 142 valence electrons. The van der Waals surface area contributed by atoms with Gasteiger partial charge in [0.2, 0.25) is 11.8 Å². The lowest BCUT2D eigenvalue weighted by atomic mass is 9.97. The molecule has 0 aromatic carbocycles. The van der Waals surface area contributed by atoms with E-state index in [0.29, 0.717) is 6.42 Å². The van der Waals surface area contributed by atoms with Crippen molar-refractivity contribution in [3.8, 4) is 0 Å². The van der Waals surface area contributed by atoms with Crippen LogP contribution in [0.3, 0.4) is 0 Å². The lowest BCUT2D eigenvalue weighted by Crippen LogP contribution is -2.55. The summed E-state index contributed by atoms with van der Waals surface area (Å²) in [6.45, 7) is 12.3. The standard InChI is InChI=1S/C16H29N5O4/c1-8-10(4)12(19-15(24)25-16(5,6)7)13(22)18-11(9(2)3)14(23)20-21-17/h9-12H,8H2,1-7H3,(H,18,22)(H,19,24)/t10-,11+,12-/m0/s1. The zero-order chi connectivity index (χ0) is 19.8. The topological polar surface area (TPSA) is 133 Å². The first kappa shape index (κ1) is 22.7. The molecule has 0 rings (SSSR count). The third kappa shape index (κ3) is 8.39. The van der Waals surface area contributed by atoms with Crippen LogP contribution in [0.5, 0.6) is 0 Å². The Balaban J connectivity index is 5.25. The first-order chi connectivity index (χ1) is 11.4. The summed E-state index contributed by atoms with van der Waals surface area (Å²) in [6.07, 6.45) is -0.0831. The summed E-state index contributed by atoms with van der Waals surface area (Å²) in [4.78, 5) is 38.9. The highest BCUT2D eigenvalue weighted by Gasteiger charge is 2.32. The van der Waals surface area contributed by atoms with Crippen molar-refractivity contribution < 1.29 is 19.1 Å². The molecule has 0 aromatic heterocycles. The van der Waals surface area contributed by atoms with E-state index >= 15 is 0 Å². The molecule has 0 bridgehead atoms. The molecule has 0 aliphatic heterocycles. The molecule has 9 nitrogen and oxygen atoms in total. The van der Waals surface area contributed by atoms with Crippen LogP contribution in [0.2, 0.25) is 0 Å². The van der Waals surface area contributed by atoms with Crippen molar-refractivity contribution in [2.75, 3.05) is 0 Å². The number of nitrogens with one attached hydrogen (secondary N) is 2. The molecule has 0 radical (unpaired) electrons. The molecule has 3 amide bonds. The Hall–Kier alpha value is -2.28. The molecule has 0 aromatic rings. The van der Waals surface area contributed by atoms with Gasteiger partial charge in [0.05, 0.1) is 6.04 Å². The van der Waals surface area contributed by atoms with Crippen molar-refractivity contribution in [3.05, 3.63) is 10.4 Å². The second kappa shape index (κ2) is 9.88. The van der Waals surface area contributed by atoms with Crippen LogP contribution in [-0.2, 0) is 14.3 Å². The second-order valence-corrected chi connectivity index (χ2v) is 7.27. The highest BCUT2D eigenvalue weighted by molar-refractivity contribution is 5.91. The number of hydrogen-bond acceptors (Lipinski definition) is 4. The van der Waals surface area contributed by atoms with Crippen LogP contribution < -0.4 is 10.6 Å². The third-order valence-electron chi connectivity index (χ3n) is 3.54. The number of hydrogen-bond donors (Lipinski definition) is 2. The molecule has 0 heterocycles. The molecule has 25 heavy (non-hydrogen) atoms. The van der Waals surface area contributed by atoms with Gasteiger partial charge in [0.15, 0.2) is 0 Å². The summed E-state index contributed by atoms with van der Waals surface area (Å²) in [5.41, 5.74) is 7.72. The number of amides is 3. The van der Waals surface area contributed by atoms with E-state index in [0.717, 1.165) is 0 Å². The number of nitrogens with zero attached hydrogens (tertiary/aromatic N) is 3. The van der Waals surface area contributed by atoms with Crippen LogP contribution in [0.4, 0.5) is 4.79 Å². The Kier molecular flexibility index (Phi) is 8.98. The molecule has 0 aliphatic rings. The first-order valence-electron chi connectivity index (χ1n) is 8.31. The molecule has 0 aliphatic carbocycles. The van der Waals surface area contributed by atoms with E-state index in [2.05, 4.69) is 20.7 Å². The van der Waals surface area contributed by atoms with E-state index in [1.165, 1.54) is 0 Å². The SMILES string of the molecule is CC[C@H](C)[C@H](NC(=O)OC(C)(C)C)C(=O)N[C@@H](C(=O)N=[N+]=[N-])C(C)C. The number of carbonyl (C=O) groups excluding carboxylic acids is 3. The smallest absolute Gasteiger partial charge is 0.408 e. The Morgan fingerprint density at radius 3 is 2.08 bits per heavy atom. The number of ether oxygens (including phenoxy) is 1. The van der Waals surface area contributed by atoms with E-state index in [1.807, 2.05) is 6.92 Å². The van der Waals surface area contributed by atoms with Crippen molar-refractivity contribution in [2.24, 2.45) is 17.0 Å². The van der Waals surface area contributed by atoms with Gasteiger partial charge in [-0.15, -0.1) is 0 Å². The summed E-state index contributed by atoms with van der Waals surface area (Å²) in [5, 5.41) is 8.16. The van der Waals surface area contributed by atoms with Crippen LogP contribution in [-0.4, -0.2) is 35.6 Å². The zero-order valence-corrected chi connectivity index (χ0v) is 16.0. The number of alkyl carbamates (subject to hydrolysis) is 1. The molecule has 0 saturated carbocycles. The highest BCUT2D eigenvalue weighted by atomic mass is 16.6. The van der Waals surface area contributed by atoms with Gasteiger partial charge < -0.3 is 15.4 Å². The minimum absolute atomic E-state index is 0.185. The monoisotopic (exact) mass is 355 g/mol. The summed E-state index contributed by atoms with van der Waals surface area (Å²) < 4.78 is 5.19. The van der Waals surface area contributed by atoms with Crippen molar-refractivity contribution >= 4 is 17.9 Å². The van der Waals surface area contributed by atoms with Crippen LogP contribution in [0.1, 0.15) is 54.9 Å². The lowest BCUT2D eigenvalue weighted by Gasteiger charge is -2.28. The Morgan fingerprint density at radius 2 is 1.68 bits per heavy atom. The normalized spacial score (nSPS) is 14.7. The van der Waals surface area contributed by atoms with Gasteiger partial charge in [0, 0.05) is 4.91 Å². The van der Waals surface area contributed by atoms with E-state index in [4.69, 9.17) is 10.3 Å².